The molecule has 1 N–H and O–H groups in total. The van der Waals surface area contributed by atoms with Crippen molar-refractivity contribution in [1.29, 1.82) is 0 Å². The molecule has 0 spiro atoms. The van der Waals surface area contributed by atoms with Crippen molar-refractivity contribution in [2.24, 2.45) is 0 Å². The summed E-state index contributed by atoms with van der Waals surface area (Å²) in [5.41, 5.74) is 5.84. The molecule has 2 rings (SSSR count). The van der Waals surface area contributed by atoms with E-state index in [4.69, 9.17) is 0 Å². The number of carbonyl (C=O) groups is 1. The van der Waals surface area contributed by atoms with E-state index in [2.05, 4.69) is 46.7 Å². The Morgan fingerprint density at radius 1 is 1.00 bits per heavy atom. The van der Waals surface area contributed by atoms with Crippen LogP contribution in [0.15, 0.2) is 54.6 Å². The maximum Gasteiger partial charge on any atom is 0.243 e. The van der Waals surface area contributed by atoms with E-state index in [0.717, 1.165) is 5.56 Å². The van der Waals surface area contributed by atoms with E-state index in [0.29, 0.717) is 12.8 Å². The number of benzene rings is 2. The quantitative estimate of drug-likeness (QED) is 0.834. The van der Waals surface area contributed by atoms with Crippen molar-refractivity contribution in [3.8, 4) is 11.1 Å². The summed E-state index contributed by atoms with van der Waals surface area (Å²) in [5.74, 6) is -0.102. The minimum Gasteiger partial charge on any atom is -0.277 e. The lowest BCUT2D eigenvalue weighted by molar-refractivity contribution is -0.131. The molecule has 2 aromatic rings. The molecular weight excluding hydrogens is 238 g/mol. The molecule has 0 radical (unpaired) electrons. The summed E-state index contributed by atoms with van der Waals surface area (Å²) in [6.45, 7) is 0. The van der Waals surface area contributed by atoms with Gasteiger partial charge in [-0.15, -0.1) is 0 Å². The van der Waals surface area contributed by atoms with E-state index < -0.39 is 0 Å². The summed E-state index contributed by atoms with van der Waals surface area (Å²) < 4.78 is 0. The predicted octanol–water partition coefficient (Wildman–Crippen LogP) is 2.96. The molecule has 0 unspecified atom stereocenters. The molecule has 2 aromatic carbocycles. The van der Waals surface area contributed by atoms with Crippen LogP contribution in [0.25, 0.3) is 11.1 Å². The highest BCUT2D eigenvalue weighted by molar-refractivity contribution is 5.75. The van der Waals surface area contributed by atoms with Gasteiger partial charge in [-0.2, -0.15) is 0 Å². The first-order valence-electron chi connectivity index (χ1n) is 6.26. The zero-order valence-corrected chi connectivity index (χ0v) is 10.9. The molecule has 0 saturated carbocycles. The molecule has 0 bridgehead atoms. The molecule has 0 saturated heterocycles. The van der Waals surface area contributed by atoms with E-state index in [9.17, 15) is 4.79 Å². The van der Waals surface area contributed by atoms with Crippen molar-refractivity contribution in [3.05, 3.63) is 60.2 Å². The van der Waals surface area contributed by atoms with E-state index in [-0.39, 0.29) is 5.91 Å². The molecule has 98 valence electrons. The summed E-state index contributed by atoms with van der Waals surface area (Å²) in [4.78, 5) is 15.8. The number of hydrogen-bond donors (Lipinski definition) is 1. The summed E-state index contributed by atoms with van der Waals surface area (Å²) in [6.07, 6.45) is 1.14. The van der Waals surface area contributed by atoms with Gasteiger partial charge in [-0.25, -0.2) is 5.48 Å². The van der Waals surface area contributed by atoms with Crippen molar-refractivity contribution in [3.63, 3.8) is 0 Å². The largest absolute Gasteiger partial charge is 0.277 e. The van der Waals surface area contributed by atoms with Gasteiger partial charge in [0, 0.05) is 6.42 Å². The Bertz CT molecular complexity index is 520. The third-order valence-electron chi connectivity index (χ3n) is 2.92. The highest BCUT2D eigenvalue weighted by Crippen LogP contribution is 2.19. The van der Waals surface area contributed by atoms with Gasteiger partial charge in [0.1, 0.15) is 0 Å². The van der Waals surface area contributed by atoms with Crippen LogP contribution in [0, 0.1) is 0 Å². The maximum absolute atomic E-state index is 11.3. The minimum atomic E-state index is -0.102. The number of aryl methyl sites for hydroxylation is 1. The van der Waals surface area contributed by atoms with Crippen molar-refractivity contribution >= 4 is 5.91 Å². The Kier molecular flexibility index (Phi) is 4.70. The highest BCUT2D eigenvalue weighted by Gasteiger charge is 2.02. The Morgan fingerprint density at radius 3 is 2.26 bits per heavy atom. The van der Waals surface area contributed by atoms with Crippen LogP contribution in [0.3, 0.4) is 0 Å². The predicted molar refractivity (Wildman–Crippen MR) is 75.4 cm³/mol. The Hall–Kier alpha value is -2.13. The Morgan fingerprint density at radius 2 is 1.63 bits per heavy atom. The fourth-order valence-corrected chi connectivity index (χ4v) is 1.92. The molecule has 3 nitrogen and oxygen atoms in total. The first-order chi connectivity index (χ1) is 9.29. The monoisotopic (exact) mass is 255 g/mol. The molecule has 0 fully saturated rings. The number of rotatable bonds is 5. The van der Waals surface area contributed by atoms with Gasteiger partial charge in [0.15, 0.2) is 0 Å². The van der Waals surface area contributed by atoms with E-state index >= 15 is 0 Å². The topological polar surface area (TPSA) is 38.3 Å². The van der Waals surface area contributed by atoms with Gasteiger partial charge in [0.2, 0.25) is 5.91 Å². The zero-order valence-electron chi connectivity index (χ0n) is 10.9. The van der Waals surface area contributed by atoms with Gasteiger partial charge >= 0.3 is 0 Å². The molecule has 0 aromatic heterocycles. The molecule has 0 atom stereocenters. The average Bonchev–Trinajstić information content (AvgIpc) is 2.47. The first-order valence-corrected chi connectivity index (χ1v) is 6.26. The number of amides is 1. The number of hydroxylamine groups is 1. The third kappa shape index (κ3) is 3.93. The molecule has 19 heavy (non-hydrogen) atoms. The lowest BCUT2D eigenvalue weighted by atomic mass is 10.0. The van der Waals surface area contributed by atoms with Crippen molar-refractivity contribution in [2.75, 3.05) is 7.11 Å². The van der Waals surface area contributed by atoms with Crippen LogP contribution in [-0.4, -0.2) is 13.0 Å². The second kappa shape index (κ2) is 6.71. The van der Waals surface area contributed by atoms with Crippen molar-refractivity contribution < 1.29 is 9.63 Å². The van der Waals surface area contributed by atoms with E-state index in [1.54, 1.807) is 0 Å². The summed E-state index contributed by atoms with van der Waals surface area (Å²) in [6, 6.07) is 18.5. The van der Waals surface area contributed by atoms with Gasteiger partial charge < -0.3 is 0 Å². The average molecular weight is 255 g/mol. The van der Waals surface area contributed by atoms with Gasteiger partial charge in [-0.3, -0.25) is 9.63 Å². The smallest absolute Gasteiger partial charge is 0.243 e. The number of hydrogen-bond acceptors (Lipinski definition) is 2. The zero-order chi connectivity index (χ0) is 13.5. The maximum atomic E-state index is 11.3. The Balaban J connectivity index is 1.97. The summed E-state index contributed by atoms with van der Waals surface area (Å²) >= 11 is 0. The SMILES string of the molecule is CONC(=O)CCc1ccc(-c2ccccc2)cc1. The van der Waals surface area contributed by atoms with Crippen LogP contribution in [0.4, 0.5) is 0 Å². The fraction of sp³-hybridized carbons (Fsp3) is 0.188. The highest BCUT2D eigenvalue weighted by atomic mass is 16.6. The second-order valence-electron chi connectivity index (χ2n) is 4.29. The van der Waals surface area contributed by atoms with Gasteiger partial charge in [0.25, 0.3) is 0 Å². The van der Waals surface area contributed by atoms with Crippen molar-refractivity contribution in [2.45, 2.75) is 12.8 Å². The van der Waals surface area contributed by atoms with Crippen LogP contribution in [0.1, 0.15) is 12.0 Å². The first kappa shape index (κ1) is 13.3. The Labute approximate surface area is 113 Å². The molecule has 0 aliphatic carbocycles. The fourth-order valence-electron chi connectivity index (χ4n) is 1.92. The number of nitrogens with one attached hydrogen (secondary N) is 1. The molecular formula is C16H17NO2. The molecule has 0 heterocycles. The third-order valence-corrected chi connectivity index (χ3v) is 2.92. The van der Waals surface area contributed by atoms with Crippen LogP contribution in [-0.2, 0) is 16.1 Å². The van der Waals surface area contributed by atoms with Crippen molar-refractivity contribution in [1.82, 2.24) is 5.48 Å². The summed E-state index contributed by atoms with van der Waals surface area (Å²) in [7, 11) is 1.44. The molecule has 0 aliphatic rings. The molecule has 3 heteroatoms. The van der Waals surface area contributed by atoms with Crippen LogP contribution < -0.4 is 5.48 Å². The van der Waals surface area contributed by atoms with E-state index in [1.807, 2.05) is 18.2 Å². The molecule has 0 aliphatic heterocycles. The van der Waals surface area contributed by atoms with Gasteiger partial charge in [0.05, 0.1) is 7.11 Å². The van der Waals surface area contributed by atoms with Gasteiger partial charge in [-0.05, 0) is 23.1 Å². The van der Waals surface area contributed by atoms with Crippen LogP contribution in [0.2, 0.25) is 0 Å². The van der Waals surface area contributed by atoms with Crippen LogP contribution >= 0.6 is 0 Å². The minimum absolute atomic E-state index is 0.102. The van der Waals surface area contributed by atoms with Gasteiger partial charge in [-0.1, -0.05) is 54.6 Å². The standard InChI is InChI=1S/C16H17NO2/c1-19-17-16(18)12-9-13-7-10-15(11-8-13)14-5-3-2-4-6-14/h2-8,10-11H,9,12H2,1H3,(H,17,18). The number of carbonyl (C=O) groups excluding carboxylic acids is 1. The normalized spacial score (nSPS) is 10.2. The van der Waals surface area contributed by atoms with Crippen LogP contribution in [0.5, 0.6) is 0 Å². The van der Waals surface area contributed by atoms with E-state index in [1.165, 1.54) is 18.2 Å². The lowest BCUT2D eigenvalue weighted by Gasteiger charge is -2.05. The molecule has 1 amide bonds. The lowest BCUT2D eigenvalue weighted by Crippen LogP contribution is -2.21. The second-order valence-corrected chi connectivity index (χ2v) is 4.29. The summed E-state index contributed by atoms with van der Waals surface area (Å²) in [5, 5.41) is 0.